The fourth-order valence-corrected chi connectivity index (χ4v) is 5.03. The first-order valence-electron chi connectivity index (χ1n) is 11.0. The van der Waals surface area contributed by atoms with Gasteiger partial charge in [-0.15, -0.1) is 0 Å². The molecule has 172 valence electrons. The lowest BCUT2D eigenvalue weighted by Crippen LogP contribution is -2.10. The maximum Gasteiger partial charge on any atom is 0.141 e. The number of aromatic nitrogens is 4. The molecule has 0 aliphatic heterocycles. The third-order valence-electron chi connectivity index (χ3n) is 6.07. The molecule has 2 atom stereocenters. The van der Waals surface area contributed by atoms with Crippen LogP contribution in [-0.2, 0) is 11.0 Å². The van der Waals surface area contributed by atoms with Crippen molar-refractivity contribution in [2.45, 2.75) is 31.7 Å². The lowest BCUT2D eigenvalue weighted by molar-refractivity contribution is 0.393. The molecule has 5 aromatic rings. The molecule has 5 rings (SSSR count). The maximum atomic E-state index is 12.4. The van der Waals surface area contributed by atoms with E-state index in [1.54, 1.807) is 7.05 Å². The Morgan fingerprint density at radius 1 is 1.06 bits per heavy atom. The van der Waals surface area contributed by atoms with E-state index in [4.69, 9.17) is 9.51 Å². The molecule has 0 radical (unpaired) electrons. The van der Waals surface area contributed by atoms with Gasteiger partial charge in [-0.05, 0) is 63.7 Å². The molecular formula is C26H25N5O2S. The van der Waals surface area contributed by atoms with E-state index >= 15 is 0 Å². The van der Waals surface area contributed by atoms with Gasteiger partial charge in [-0.2, -0.15) is 0 Å². The monoisotopic (exact) mass is 471 g/mol. The first kappa shape index (κ1) is 22.2. The number of rotatable bonds is 6. The Morgan fingerprint density at radius 2 is 1.91 bits per heavy atom. The standard InChI is InChI=1S/C26H25N5O2S/c1-16-25(18(3)33-30-16)20-13-24-26(29-14-20)22(19-8-7-9-21(12-19)34(32)27-4)15-31(24)17(2)23-10-5-6-11-28-23/h5-15,17,27H,1-4H3/t17-,34?/m0/s1. The SMILES string of the molecule is CNS(=O)c1cccc(-c2cn([C@@H](C)c3ccccn3)c3cc(-c4c(C)noc4C)cnc23)c1. The van der Waals surface area contributed by atoms with Gasteiger partial charge >= 0.3 is 0 Å². The summed E-state index contributed by atoms with van der Waals surface area (Å²) in [6, 6.07) is 15.8. The van der Waals surface area contributed by atoms with Gasteiger partial charge in [0, 0.05) is 35.3 Å². The van der Waals surface area contributed by atoms with Gasteiger partial charge in [0.2, 0.25) is 0 Å². The second-order valence-corrected chi connectivity index (χ2v) is 9.59. The summed E-state index contributed by atoms with van der Waals surface area (Å²) >= 11 is 0. The Kier molecular flexibility index (Phi) is 5.85. The van der Waals surface area contributed by atoms with Crippen molar-refractivity contribution in [2.24, 2.45) is 0 Å². The summed E-state index contributed by atoms with van der Waals surface area (Å²) < 4.78 is 22.8. The highest BCUT2D eigenvalue weighted by atomic mass is 32.2. The highest BCUT2D eigenvalue weighted by Gasteiger charge is 2.20. The van der Waals surface area contributed by atoms with Crippen LogP contribution < -0.4 is 4.72 Å². The van der Waals surface area contributed by atoms with Crippen molar-refractivity contribution < 1.29 is 8.73 Å². The van der Waals surface area contributed by atoms with Crippen LogP contribution in [0.25, 0.3) is 33.3 Å². The zero-order chi connectivity index (χ0) is 23.8. The molecule has 0 amide bonds. The average molecular weight is 472 g/mol. The molecule has 1 aromatic carbocycles. The van der Waals surface area contributed by atoms with Crippen LogP contribution in [-0.4, -0.2) is 30.9 Å². The van der Waals surface area contributed by atoms with E-state index in [0.29, 0.717) is 4.90 Å². The molecule has 4 aromatic heterocycles. The summed E-state index contributed by atoms with van der Waals surface area (Å²) in [5.74, 6) is 0.761. The predicted octanol–water partition coefficient (Wildman–Crippen LogP) is 5.22. The van der Waals surface area contributed by atoms with Crippen LogP contribution in [0.4, 0.5) is 0 Å². The molecule has 0 aliphatic carbocycles. The normalized spacial score (nSPS) is 13.3. The van der Waals surface area contributed by atoms with Gasteiger partial charge in [-0.3, -0.25) is 9.97 Å². The van der Waals surface area contributed by atoms with Crippen molar-refractivity contribution in [3.63, 3.8) is 0 Å². The number of fused-ring (bicyclic) bond motifs is 1. The molecule has 4 heterocycles. The first-order valence-corrected chi connectivity index (χ1v) is 12.2. The van der Waals surface area contributed by atoms with Crippen LogP contribution in [0, 0.1) is 13.8 Å². The van der Waals surface area contributed by atoms with Crippen molar-refractivity contribution in [3.8, 4) is 22.3 Å². The Hall–Kier alpha value is -3.62. The number of pyridine rings is 2. The fraction of sp³-hybridized carbons (Fsp3) is 0.192. The second-order valence-electron chi connectivity index (χ2n) is 8.17. The van der Waals surface area contributed by atoms with Gasteiger partial charge in [0.05, 0.1) is 33.4 Å². The van der Waals surface area contributed by atoms with Gasteiger partial charge in [-0.1, -0.05) is 23.4 Å². The van der Waals surface area contributed by atoms with Crippen molar-refractivity contribution in [2.75, 3.05) is 7.05 Å². The summed E-state index contributed by atoms with van der Waals surface area (Å²) in [6.45, 7) is 5.97. The molecule has 1 N–H and O–H groups in total. The van der Waals surface area contributed by atoms with Gasteiger partial charge in [0.25, 0.3) is 0 Å². The third-order valence-corrected chi connectivity index (χ3v) is 7.12. The maximum absolute atomic E-state index is 12.4. The Balaban J connectivity index is 1.74. The van der Waals surface area contributed by atoms with E-state index in [2.05, 4.69) is 38.6 Å². The average Bonchev–Trinajstić information content (AvgIpc) is 3.42. The summed E-state index contributed by atoms with van der Waals surface area (Å²) in [5.41, 5.74) is 7.47. The molecule has 1 unspecified atom stereocenters. The highest BCUT2D eigenvalue weighted by molar-refractivity contribution is 7.83. The zero-order valence-corrected chi connectivity index (χ0v) is 20.3. The molecule has 0 fully saturated rings. The van der Waals surface area contributed by atoms with Crippen LogP contribution >= 0.6 is 0 Å². The van der Waals surface area contributed by atoms with Crippen LogP contribution in [0.2, 0.25) is 0 Å². The Morgan fingerprint density at radius 3 is 2.62 bits per heavy atom. The summed E-state index contributed by atoms with van der Waals surface area (Å²) in [7, 11) is 0.408. The Labute approximate surface area is 200 Å². The van der Waals surface area contributed by atoms with Crippen molar-refractivity contribution in [1.82, 2.24) is 24.4 Å². The van der Waals surface area contributed by atoms with E-state index in [9.17, 15) is 4.21 Å². The van der Waals surface area contributed by atoms with Gasteiger partial charge < -0.3 is 9.09 Å². The molecule has 0 spiro atoms. The molecule has 0 saturated carbocycles. The quantitative estimate of drug-likeness (QED) is 0.367. The lowest BCUT2D eigenvalue weighted by Gasteiger charge is -2.15. The molecular weight excluding hydrogens is 446 g/mol. The van der Waals surface area contributed by atoms with E-state index in [1.165, 1.54) is 0 Å². The zero-order valence-electron chi connectivity index (χ0n) is 19.4. The fourth-order valence-electron chi connectivity index (χ4n) is 4.35. The molecule has 0 aliphatic rings. The van der Waals surface area contributed by atoms with E-state index < -0.39 is 11.0 Å². The van der Waals surface area contributed by atoms with Gasteiger partial charge in [0.1, 0.15) is 16.7 Å². The van der Waals surface area contributed by atoms with Gasteiger partial charge in [-0.25, -0.2) is 8.93 Å². The van der Waals surface area contributed by atoms with Crippen LogP contribution in [0.15, 0.2) is 76.5 Å². The number of nitrogens with zero attached hydrogens (tertiary/aromatic N) is 4. The molecule has 8 heteroatoms. The van der Waals surface area contributed by atoms with E-state index in [0.717, 1.165) is 50.4 Å². The van der Waals surface area contributed by atoms with Crippen molar-refractivity contribution in [1.29, 1.82) is 0 Å². The third kappa shape index (κ3) is 3.85. The number of aryl methyl sites for hydroxylation is 2. The summed E-state index contributed by atoms with van der Waals surface area (Å²) in [5, 5.41) is 4.11. The number of benzene rings is 1. The van der Waals surface area contributed by atoms with Crippen LogP contribution in [0.3, 0.4) is 0 Å². The van der Waals surface area contributed by atoms with E-state index in [1.807, 2.05) is 68.7 Å². The lowest BCUT2D eigenvalue weighted by atomic mass is 10.0. The molecule has 7 nitrogen and oxygen atoms in total. The first-order chi connectivity index (χ1) is 16.5. The smallest absolute Gasteiger partial charge is 0.141 e. The van der Waals surface area contributed by atoms with E-state index in [-0.39, 0.29) is 6.04 Å². The van der Waals surface area contributed by atoms with Crippen molar-refractivity contribution >= 4 is 22.0 Å². The minimum absolute atomic E-state index is 0.0196. The topological polar surface area (TPSA) is 85.8 Å². The molecule has 34 heavy (non-hydrogen) atoms. The second kappa shape index (κ2) is 8.96. The predicted molar refractivity (Wildman–Crippen MR) is 134 cm³/mol. The number of hydrogen-bond donors (Lipinski definition) is 1. The number of hydrogen-bond acceptors (Lipinski definition) is 5. The minimum Gasteiger partial charge on any atom is -0.361 e. The van der Waals surface area contributed by atoms with Crippen LogP contribution in [0.5, 0.6) is 0 Å². The van der Waals surface area contributed by atoms with Crippen LogP contribution in [0.1, 0.15) is 30.1 Å². The molecule has 0 bridgehead atoms. The molecule has 0 saturated heterocycles. The number of nitrogens with one attached hydrogen (secondary N) is 1. The Bertz CT molecular complexity index is 1490. The minimum atomic E-state index is -1.27. The highest BCUT2D eigenvalue weighted by Crippen LogP contribution is 2.36. The summed E-state index contributed by atoms with van der Waals surface area (Å²) in [6.07, 6.45) is 5.78. The summed E-state index contributed by atoms with van der Waals surface area (Å²) in [4.78, 5) is 10.2. The van der Waals surface area contributed by atoms with Crippen molar-refractivity contribution in [3.05, 3.63) is 84.3 Å². The van der Waals surface area contributed by atoms with Gasteiger partial charge in [0.15, 0.2) is 0 Å². The largest absolute Gasteiger partial charge is 0.361 e.